The number of aryl methyl sites for hydroxylation is 2. The number of nitrogens with zero attached hydrogens (tertiary/aromatic N) is 6. The Morgan fingerprint density at radius 3 is 2.47 bits per heavy atom. The van der Waals surface area contributed by atoms with Gasteiger partial charge < -0.3 is 5.11 Å². The van der Waals surface area contributed by atoms with E-state index in [1.54, 1.807) is 16.8 Å². The van der Waals surface area contributed by atoms with Gasteiger partial charge in [0.05, 0.1) is 28.4 Å². The number of aromatic nitrogens is 6. The predicted molar refractivity (Wildman–Crippen MR) is 118 cm³/mol. The molecule has 4 aromatic rings. The molecule has 1 aliphatic rings. The molecule has 5 rings (SSSR count). The van der Waals surface area contributed by atoms with Gasteiger partial charge in [0.25, 0.3) is 0 Å². The quantitative estimate of drug-likeness (QED) is 0.520. The molecule has 0 spiro atoms. The van der Waals surface area contributed by atoms with E-state index >= 15 is 0 Å². The fourth-order valence-electron chi connectivity index (χ4n) is 4.54. The van der Waals surface area contributed by atoms with Gasteiger partial charge in [0.1, 0.15) is 12.1 Å². The molecule has 0 bridgehead atoms. The predicted octanol–water partition coefficient (Wildman–Crippen LogP) is 3.70. The van der Waals surface area contributed by atoms with Gasteiger partial charge in [-0.1, -0.05) is 0 Å². The smallest absolute Gasteiger partial charge is 0.157 e. The number of hydrogen-bond donors (Lipinski definition) is 1. The number of aliphatic hydroxyl groups is 1. The van der Waals surface area contributed by atoms with Crippen molar-refractivity contribution < 1.29 is 9.50 Å². The molecule has 0 atom stereocenters. The van der Waals surface area contributed by atoms with E-state index in [0.29, 0.717) is 12.2 Å². The van der Waals surface area contributed by atoms with E-state index in [9.17, 15) is 9.50 Å². The van der Waals surface area contributed by atoms with Crippen molar-refractivity contribution in [1.82, 2.24) is 29.5 Å². The third kappa shape index (κ3) is 3.40. The van der Waals surface area contributed by atoms with Crippen molar-refractivity contribution in [2.45, 2.75) is 45.6 Å². The van der Waals surface area contributed by atoms with Crippen LogP contribution in [0.2, 0.25) is 0 Å². The van der Waals surface area contributed by atoms with Crippen molar-refractivity contribution in [2.24, 2.45) is 7.05 Å². The molecule has 3 aromatic heterocycles. The lowest BCUT2D eigenvalue weighted by Crippen LogP contribution is -2.09. The maximum Gasteiger partial charge on any atom is 0.157 e. The molecule has 1 saturated carbocycles. The van der Waals surface area contributed by atoms with Crippen LogP contribution in [0.3, 0.4) is 0 Å². The van der Waals surface area contributed by atoms with Crippen molar-refractivity contribution >= 4 is 0 Å². The number of halogens is 1. The van der Waals surface area contributed by atoms with Crippen molar-refractivity contribution in [1.29, 1.82) is 0 Å². The van der Waals surface area contributed by atoms with E-state index in [0.717, 1.165) is 58.0 Å². The Balaban J connectivity index is 1.47. The number of rotatable bonds is 5. The standard InChI is InChI=1S/C24H25FN6O/c1-14-20(29-30(4)23(14)17-5-7-18(25)8-6-17)11-19-12-21(27-13-26-19)31-16(3)22(15(2)28-31)24(32)9-10-24/h5-8,12-13,32H,9-11H2,1-4H3. The second-order valence-corrected chi connectivity index (χ2v) is 8.58. The highest BCUT2D eigenvalue weighted by molar-refractivity contribution is 5.64. The lowest BCUT2D eigenvalue weighted by Gasteiger charge is -2.09. The second kappa shape index (κ2) is 7.34. The average Bonchev–Trinajstić information content (AvgIpc) is 3.33. The van der Waals surface area contributed by atoms with Crippen molar-refractivity contribution in [3.63, 3.8) is 0 Å². The normalized spacial score (nSPS) is 14.7. The molecule has 1 fully saturated rings. The Labute approximate surface area is 185 Å². The van der Waals surface area contributed by atoms with Crippen molar-refractivity contribution in [2.75, 3.05) is 0 Å². The minimum Gasteiger partial charge on any atom is -0.385 e. The zero-order chi connectivity index (χ0) is 22.6. The summed E-state index contributed by atoms with van der Waals surface area (Å²) in [6.45, 7) is 5.91. The first-order chi connectivity index (χ1) is 15.3. The SMILES string of the molecule is Cc1nn(-c2cc(Cc3nn(C)c(-c4ccc(F)cc4)c3C)ncn2)c(C)c1C1(O)CC1. The summed E-state index contributed by atoms with van der Waals surface area (Å²) in [6.07, 6.45) is 3.60. The van der Waals surface area contributed by atoms with Crippen LogP contribution >= 0.6 is 0 Å². The first kappa shape index (κ1) is 20.5. The molecule has 32 heavy (non-hydrogen) atoms. The van der Waals surface area contributed by atoms with Gasteiger partial charge in [-0.3, -0.25) is 4.68 Å². The second-order valence-electron chi connectivity index (χ2n) is 8.58. The van der Waals surface area contributed by atoms with E-state index in [-0.39, 0.29) is 5.82 Å². The summed E-state index contributed by atoms with van der Waals surface area (Å²) in [4.78, 5) is 8.86. The molecular weight excluding hydrogens is 407 g/mol. The summed E-state index contributed by atoms with van der Waals surface area (Å²) >= 11 is 0. The molecule has 1 aliphatic carbocycles. The van der Waals surface area contributed by atoms with Gasteiger partial charge in [0.2, 0.25) is 0 Å². The lowest BCUT2D eigenvalue weighted by atomic mass is 10.0. The van der Waals surface area contributed by atoms with Crippen molar-refractivity contribution in [3.05, 3.63) is 76.4 Å². The van der Waals surface area contributed by atoms with Crippen LogP contribution in [0.4, 0.5) is 4.39 Å². The third-order valence-corrected chi connectivity index (χ3v) is 6.26. The fourth-order valence-corrected chi connectivity index (χ4v) is 4.54. The molecule has 0 amide bonds. The van der Waals surface area contributed by atoms with Crippen LogP contribution in [0.25, 0.3) is 17.1 Å². The van der Waals surface area contributed by atoms with E-state index in [2.05, 4.69) is 15.1 Å². The molecule has 0 unspecified atom stereocenters. The largest absolute Gasteiger partial charge is 0.385 e. The highest BCUT2D eigenvalue weighted by Crippen LogP contribution is 2.47. The summed E-state index contributed by atoms with van der Waals surface area (Å²) in [6, 6.07) is 8.35. The summed E-state index contributed by atoms with van der Waals surface area (Å²) in [5, 5.41) is 19.9. The topological polar surface area (TPSA) is 81.7 Å². The third-order valence-electron chi connectivity index (χ3n) is 6.26. The van der Waals surface area contributed by atoms with Gasteiger partial charge in [0.15, 0.2) is 5.82 Å². The Kier molecular flexibility index (Phi) is 4.70. The summed E-state index contributed by atoms with van der Waals surface area (Å²) in [7, 11) is 1.89. The summed E-state index contributed by atoms with van der Waals surface area (Å²) in [5.41, 5.74) is 6.51. The first-order valence-electron chi connectivity index (χ1n) is 10.7. The van der Waals surface area contributed by atoms with E-state index < -0.39 is 5.60 Å². The Hall–Kier alpha value is -3.39. The Bertz CT molecular complexity index is 1320. The van der Waals surface area contributed by atoms with Gasteiger partial charge in [-0.25, -0.2) is 19.0 Å². The zero-order valence-electron chi connectivity index (χ0n) is 18.6. The molecule has 0 radical (unpaired) electrons. The average molecular weight is 433 g/mol. The van der Waals surface area contributed by atoms with Crippen LogP contribution in [0.1, 0.15) is 46.7 Å². The Morgan fingerprint density at radius 2 is 1.78 bits per heavy atom. The van der Waals surface area contributed by atoms with Gasteiger partial charge in [-0.05, 0) is 63.4 Å². The van der Waals surface area contributed by atoms with E-state index in [1.165, 1.54) is 18.5 Å². The van der Waals surface area contributed by atoms with E-state index in [1.807, 2.05) is 38.6 Å². The van der Waals surface area contributed by atoms with Gasteiger partial charge in [-0.2, -0.15) is 10.2 Å². The van der Waals surface area contributed by atoms with Crippen LogP contribution in [0.15, 0.2) is 36.7 Å². The molecule has 0 aliphatic heterocycles. The van der Waals surface area contributed by atoms with Crippen LogP contribution in [-0.4, -0.2) is 34.6 Å². The molecule has 7 nitrogen and oxygen atoms in total. The highest BCUT2D eigenvalue weighted by Gasteiger charge is 2.46. The summed E-state index contributed by atoms with van der Waals surface area (Å²) < 4.78 is 16.9. The van der Waals surface area contributed by atoms with Gasteiger partial charge in [0, 0.05) is 36.4 Å². The molecule has 3 heterocycles. The lowest BCUT2D eigenvalue weighted by molar-refractivity contribution is 0.150. The maximum absolute atomic E-state index is 13.3. The van der Waals surface area contributed by atoms with E-state index in [4.69, 9.17) is 5.10 Å². The van der Waals surface area contributed by atoms with Crippen LogP contribution in [0.5, 0.6) is 0 Å². The molecule has 8 heteroatoms. The molecule has 1 aromatic carbocycles. The fraction of sp³-hybridized carbons (Fsp3) is 0.333. The zero-order valence-corrected chi connectivity index (χ0v) is 18.6. The van der Waals surface area contributed by atoms with Gasteiger partial charge >= 0.3 is 0 Å². The molecule has 0 saturated heterocycles. The van der Waals surface area contributed by atoms with Crippen LogP contribution in [0, 0.1) is 26.6 Å². The Morgan fingerprint density at radius 1 is 1.06 bits per heavy atom. The minimum atomic E-state index is -0.746. The molecular formula is C24H25FN6O. The minimum absolute atomic E-state index is 0.261. The van der Waals surface area contributed by atoms with Crippen LogP contribution < -0.4 is 0 Å². The molecule has 1 N–H and O–H groups in total. The first-order valence-corrected chi connectivity index (χ1v) is 10.7. The number of benzene rings is 1. The van der Waals surface area contributed by atoms with Gasteiger partial charge in [-0.15, -0.1) is 0 Å². The number of hydrogen-bond acceptors (Lipinski definition) is 5. The summed E-state index contributed by atoms with van der Waals surface area (Å²) in [5.74, 6) is 0.405. The highest BCUT2D eigenvalue weighted by atomic mass is 19.1. The maximum atomic E-state index is 13.3. The molecule has 164 valence electrons. The monoisotopic (exact) mass is 432 g/mol. The van der Waals surface area contributed by atoms with Crippen molar-refractivity contribution in [3.8, 4) is 17.1 Å². The van der Waals surface area contributed by atoms with Crippen LogP contribution in [-0.2, 0) is 19.1 Å².